The smallest absolute Gasteiger partial charge is 0.226 e. The lowest BCUT2D eigenvalue weighted by molar-refractivity contribution is -0.135. The van der Waals surface area contributed by atoms with Gasteiger partial charge in [-0.2, -0.15) is 4.98 Å². The van der Waals surface area contributed by atoms with Crippen molar-refractivity contribution < 1.29 is 14.1 Å². The summed E-state index contributed by atoms with van der Waals surface area (Å²) in [7, 11) is 0. The largest absolute Gasteiger partial charge is 0.378 e. The highest BCUT2D eigenvalue weighted by molar-refractivity contribution is 5.76. The normalized spacial score (nSPS) is 14.9. The summed E-state index contributed by atoms with van der Waals surface area (Å²) < 4.78 is 10.5. The van der Waals surface area contributed by atoms with Crippen molar-refractivity contribution in [2.45, 2.75) is 26.2 Å². The van der Waals surface area contributed by atoms with Crippen molar-refractivity contribution in [3.63, 3.8) is 0 Å². The van der Waals surface area contributed by atoms with Gasteiger partial charge >= 0.3 is 0 Å². The highest BCUT2D eigenvalue weighted by Crippen LogP contribution is 2.20. The number of amides is 1. The molecule has 2 heterocycles. The summed E-state index contributed by atoms with van der Waals surface area (Å²) in [6.45, 7) is 4.67. The lowest BCUT2D eigenvalue weighted by Crippen LogP contribution is -2.40. The van der Waals surface area contributed by atoms with Crippen LogP contribution in [0.25, 0.3) is 11.4 Å². The van der Waals surface area contributed by atoms with E-state index in [1.54, 1.807) is 0 Å². The molecule has 1 aliphatic heterocycles. The number of aromatic nitrogens is 2. The van der Waals surface area contributed by atoms with Crippen molar-refractivity contribution in [1.29, 1.82) is 0 Å². The molecule has 1 aliphatic rings. The molecule has 0 atom stereocenters. The van der Waals surface area contributed by atoms with Crippen LogP contribution in [0.15, 0.2) is 28.8 Å². The quantitative estimate of drug-likeness (QED) is 0.846. The van der Waals surface area contributed by atoms with Crippen LogP contribution in [0.1, 0.15) is 24.3 Å². The molecule has 2 aromatic rings. The minimum absolute atomic E-state index is 0.173. The van der Waals surface area contributed by atoms with Crippen molar-refractivity contribution in [2.24, 2.45) is 0 Å². The molecular weight excluding hydrogens is 294 g/mol. The van der Waals surface area contributed by atoms with E-state index < -0.39 is 0 Å². The maximum Gasteiger partial charge on any atom is 0.226 e. The number of aryl methyl sites for hydroxylation is 2. The summed E-state index contributed by atoms with van der Waals surface area (Å²) in [4.78, 5) is 18.3. The fourth-order valence-electron chi connectivity index (χ4n) is 2.65. The van der Waals surface area contributed by atoms with Gasteiger partial charge in [0, 0.05) is 31.5 Å². The van der Waals surface area contributed by atoms with Crippen LogP contribution in [0, 0.1) is 6.92 Å². The van der Waals surface area contributed by atoms with Crippen molar-refractivity contribution in [1.82, 2.24) is 15.0 Å². The first-order valence-corrected chi connectivity index (χ1v) is 7.98. The van der Waals surface area contributed by atoms with E-state index in [1.165, 1.54) is 0 Å². The van der Waals surface area contributed by atoms with E-state index >= 15 is 0 Å². The minimum Gasteiger partial charge on any atom is -0.378 e. The van der Waals surface area contributed by atoms with Gasteiger partial charge in [0.05, 0.1) is 13.2 Å². The van der Waals surface area contributed by atoms with E-state index in [0.29, 0.717) is 57.3 Å². The summed E-state index contributed by atoms with van der Waals surface area (Å²) in [5, 5.41) is 4.04. The maximum atomic E-state index is 12.1. The molecule has 6 heteroatoms. The van der Waals surface area contributed by atoms with E-state index in [9.17, 15) is 4.79 Å². The van der Waals surface area contributed by atoms with Gasteiger partial charge in [0.15, 0.2) is 0 Å². The van der Waals surface area contributed by atoms with Crippen LogP contribution in [0.3, 0.4) is 0 Å². The Balaban J connectivity index is 1.51. The zero-order valence-electron chi connectivity index (χ0n) is 13.3. The lowest BCUT2D eigenvalue weighted by Gasteiger charge is -2.26. The fraction of sp³-hybridized carbons (Fsp3) is 0.471. The first-order chi connectivity index (χ1) is 11.2. The summed E-state index contributed by atoms with van der Waals surface area (Å²) in [6.07, 6.45) is 1.84. The van der Waals surface area contributed by atoms with Gasteiger partial charge in [0.25, 0.3) is 0 Å². The number of carbonyl (C=O) groups excluding carboxylic acids is 1. The Bertz CT molecular complexity index is 663. The van der Waals surface area contributed by atoms with Crippen LogP contribution in [0.5, 0.6) is 0 Å². The van der Waals surface area contributed by atoms with Crippen LogP contribution in [0.4, 0.5) is 0 Å². The highest BCUT2D eigenvalue weighted by Gasteiger charge is 2.17. The van der Waals surface area contributed by atoms with Gasteiger partial charge in [-0.3, -0.25) is 4.79 Å². The van der Waals surface area contributed by atoms with E-state index in [2.05, 4.69) is 10.1 Å². The molecule has 0 bridgehead atoms. The van der Waals surface area contributed by atoms with Gasteiger partial charge in [0.2, 0.25) is 17.6 Å². The number of carbonyl (C=O) groups is 1. The van der Waals surface area contributed by atoms with Gasteiger partial charge in [-0.1, -0.05) is 29.4 Å². The first kappa shape index (κ1) is 15.7. The van der Waals surface area contributed by atoms with Gasteiger partial charge in [-0.15, -0.1) is 0 Å². The summed E-state index contributed by atoms with van der Waals surface area (Å²) >= 11 is 0. The second-order valence-electron chi connectivity index (χ2n) is 5.67. The number of nitrogens with zero attached hydrogens (tertiary/aromatic N) is 3. The Morgan fingerprint density at radius 3 is 2.83 bits per heavy atom. The average molecular weight is 315 g/mol. The van der Waals surface area contributed by atoms with Crippen LogP contribution in [0.2, 0.25) is 0 Å². The molecule has 0 N–H and O–H groups in total. The predicted octanol–water partition coefficient (Wildman–Crippen LogP) is 2.23. The van der Waals surface area contributed by atoms with Crippen molar-refractivity contribution >= 4 is 5.91 Å². The average Bonchev–Trinajstić information content (AvgIpc) is 3.04. The second kappa shape index (κ2) is 7.37. The van der Waals surface area contributed by atoms with E-state index in [4.69, 9.17) is 9.26 Å². The highest BCUT2D eigenvalue weighted by atomic mass is 16.5. The molecule has 6 nitrogen and oxygen atoms in total. The molecule has 0 spiro atoms. The monoisotopic (exact) mass is 315 g/mol. The Morgan fingerprint density at radius 1 is 1.26 bits per heavy atom. The Kier molecular flexibility index (Phi) is 5.02. The van der Waals surface area contributed by atoms with Gasteiger partial charge in [-0.25, -0.2) is 0 Å². The Hall–Kier alpha value is -2.21. The molecule has 1 saturated heterocycles. The second-order valence-corrected chi connectivity index (χ2v) is 5.67. The predicted molar refractivity (Wildman–Crippen MR) is 84.8 cm³/mol. The number of benzene rings is 1. The number of hydrogen-bond acceptors (Lipinski definition) is 5. The van der Waals surface area contributed by atoms with Crippen molar-refractivity contribution in [3.05, 3.63) is 35.7 Å². The van der Waals surface area contributed by atoms with Crippen LogP contribution < -0.4 is 0 Å². The summed E-state index contributed by atoms with van der Waals surface area (Å²) in [6, 6.07) is 7.94. The molecule has 0 aliphatic carbocycles. The SMILES string of the molecule is Cc1ccccc1-c1noc(CCCC(=O)N2CCOCC2)n1. The number of morpholine rings is 1. The van der Waals surface area contributed by atoms with Crippen LogP contribution in [-0.4, -0.2) is 47.3 Å². The van der Waals surface area contributed by atoms with Crippen LogP contribution >= 0.6 is 0 Å². The molecule has 1 aromatic heterocycles. The number of hydrogen-bond donors (Lipinski definition) is 0. The van der Waals surface area contributed by atoms with Gasteiger partial charge in [0.1, 0.15) is 0 Å². The summed E-state index contributed by atoms with van der Waals surface area (Å²) in [5.41, 5.74) is 2.09. The molecule has 1 fully saturated rings. The van der Waals surface area contributed by atoms with Crippen molar-refractivity contribution in [3.8, 4) is 11.4 Å². The summed E-state index contributed by atoms with van der Waals surface area (Å²) in [5.74, 6) is 1.36. The van der Waals surface area contributed by atoms with Crippen molar-refractivity contribution in [2.75, 3.05) is 26.3 Å². The third-order valence-electron chi connectivity index (χ3n) is 4.00. The molecule has 122 valence electrons. The van der Waals surface area contributed by atoms with Gasteiger partial charge < -0.3 is 14.2 Å². The molecule has 1 amide bonds. The molecule has 0 radical (unpaired) electrons. The number of rotatable bonds is 5. The molecule has 23 heavy (non-hydrogen) atoms. The molecule has 0 saturated carbocycles. The van der Waals surface area contributed by atoms with E-state index in [1.807, 2.05) is 36.1 Å². The van der Waals surface area contributed by atoms with Gasteiger partial charge in [-0.05, 0) is 18.9 Å². The molecule has 0 unspecified atom stereocenters. The number of ether oxygens (including phenoxy) is 1. The molecule has 1 aromatic carbocycles. The fourth-order valence-corrected chi connectivity index (χ4v) is 2.65. The topological polar surface area (TPSA) is 68.5 Å². The maximum absolute atomic E-state index is 12.1. The van der Waals surface area contributed by atoms with E-state index in [-0.39, 0.29) is 5.91 Å². The third kappa shape index (κ3) is 3.96. The zero-order valence-corrected chi connectivity index (χ0v) is 13.3. The zero-order chi connectivity index (χ0) is 16.1. The standard InChI is InChI=1S/C17H21N3O3/c1-13-5-2-3-6-14(13)17-18-15(23-19-17)7-4-8-16(21)20-9-11-22-12-10-20/h2-3,5-6H,4,7-12H2,1H3. The first-order valence-electron chi connectivity index (χ1n) is 7.98. The third-order valence-corrected chi connectivity index (χ3v) is 4.00. The molecule has 3 rings (SSSR count). The Labute approximate surface area is 135 Å². The Morgan fingerprint density at radius 2 is 2.04 bits per heavy atom. The lowest BCUT2D eigenvalue weighted by atomic mass is 10.1. The van der Waals surface area contributed by atoms with E-state index in [0.717, 1.165) is 11.1 Å². The minimum atomic E-state index is 0.173. The van der Waals surface area contributed by atoms with Crippen LogP contribution in [-0.2, 0) is 16.0 Å². The molecular formula is C17H21N3O3.